The van der Waals surface area contributed by atoms with Gasteiger partial charge in [-0.15, -0.1) is 0 Å². The fourth-order valence-corrected chi connectivity index (χ4v) is 1.65. The Labute approximate surface area is 77.0 Å². The highest BCUT2D eigenvalue weighted by atomic mass is 16.1. The number of nitrogens with two attached hydrogens (primary N) is 1. The summed E-state index contributed by atoms with van der Waals surface area (Å²) in [6.07, 6.45) is 4.19. The monoisotopic (exact) mass is 178 g/mol. The number of aryl methyl sites for hydroxylation is 1. The van der Waals surface area contributed by atoms with Crippen LogP contribution in [-0.2, 0) is 0 Å². The maximum absolute atomic E-state index is 11.0. The average molecular weight is 178 g/mol. The van der Waals surface area contributed by atoms with E-state index in [4.69, 9.17) is 5.73 Å². The van der Waals surface area contributed by atoms with Gasteiger partial charge >= 0.3 is 0 Å². The van der Waals surface area contributed by atoms with Gasteiger partial charge in [0, 0.05) is 18.3 Å². The zero-order chi connectivity index (χ0) is 9.42. The fourth-order valence-electron chi connectivity index (χ4n) is 1.65. The van der Waals surface area contributed by atoms with Crippen LogP contribution in [0.5, 0.6) is 0 Å². The molecule has 70 valence electrons. The van der Waals surface area contributed by atoms with Gasteiger partial charge < -0.3 is 10.7 Å². The van der Waals surface area contributed by atoms with Crippen LogP contribution in [-0.4, -0.2) is 4.98 Å². The van der Waals surface area contributed by atoms with E-state index in [-0.39, 0.29) is 11.6 Å². The minimum Gasteiger partial charge on any atom is -0.329 e. The third kappa shape index (κ3) is 1.65. The van der Waals surface area contributed by atoms with Crippen LogP contribution in [0.15, 0.2) is 17.1 Å². The molecule has 1 aliphatic carbocycles. The summed E-state index contributed by atoms with van der Waals surface area (Å²) in [5, 5.41) is 0. The van der Waals surface area contributed by atoms with Crippen molar-refractivity contribution in [3.8, 4) is 0 Å². The molecule has 1 heterocycles. The van der Waals surface area contributed by atoms with Crippen molar-refractivity contribution in [1.82, 2.24) is 4.98 Å². The summed E-state index contributed by atoms with van der Waals surface area (Å²) in [7, 11) is 0. The van der Waals surface area contributed by atoms with Crippen LogP contribution >= 0.6 is 0 Å². The molecule has 1 atom stereocenters. The number of hydrogen-bond donors (Lipinski definition) is 2. The first-order chi connectivity index (χ1) is 6.18. The molecule has 1 aromatic rings. The second kappa shape index (κ2) is 3.00. The Balaban J connectivity index is 2.33. The van der Waals surface area contributed by atoms with E-state index in [0.717, 1.165) is 11.1 Å². The highest BCUT2D eigenvalue weighted by molar-refractivity contribution is 5.26. The molecule has 0 amide bonds. The van der Waals surface area contributed by atoms with Crippen LogP contribution in [0.2, 0.25) is 0 Å². The van der Waals surface area contributed by atoms with Crippen molar-refractivity contribution in [3.05, 3.63) is 33.7 Å². The molecule has 0 bridgehead atoms. The van der Waals surface area contributed by atoms with Gasteiger partial charge in [-0.2, -0.15) is 0 Å². The second-order valence-corrected chi connectivity index (χ2v) is 3.80. The van der Waals surface area contributed by atoms with Gasteiger partial charge in [0.2, 0.25) is 5.56 Å². The first kappa shape index (κ1) is 8.51. The molecule has 3 nitrogen and oxygen atoms in total. The molecular formula is C10H14N2O. The van der Waals surface area contributed by atoms with Crippen molar-refractivity contribution >= 4 is 0 Å². The maximum Gasteiger partial charge on any atom is 0.248 e. The summed E-state index contributed by atoms with van der Waals surface area (Å²) in [6, 6.07) is 1.72. The Hall–Kier alpha value is -1.09. The summed E-state index contributed by atoms with van der Waals surface area (Å²) in [4.78, 5) is 13.6. The van der Waals surface area contributed by atoms with Gasteiger partial charge in [0.1, 0.15) is 0 Å². The number of aromatic nitrogens is 1. The minimum atomic E-state index is -0.0516. The van der Waals surface area contributed by atoms with E-state index in [2.05, 4.69) is 4.98 Å². The smallest absolute Gasteiger partial charge is 0.248 e. The third-order valence-corrected chi connectivity index (χ3v) is 2.66. The van der Waals surface area contributed by atoms with Gasteiger partial charge in [-0.05, 0) is 36.8 Å². The zero-order valence-electron chi connectivity index (χ0n) is 7.71. The first-order valence-electron chi connectivity index (χ1n) is 4.63. The van der Waals surface area contributed by atoms with Gasteiger partial charge in [0.05, 0.1) is 0 Å². The number of hydrogen-bond acceptors (Lipinski definition) is 2. The van der Waals surface area contributed by atoms with E-state index in [1.807, 2.05) is 6.92 Å². The Morgan fingerprint density at radius 1 is 1.62 bits per heavy atom. The van der Waals surface area contributed by atoms with E-state index < -0.39 is 0 Å². The fraction of sp³-hybridized carbons (Fsp3) is 0.500. The molecule has 0 aromatic carbocycles. The molecule has 0 spiro atoms. The molecule has 3 N–H and O–H groups in total. The normalized spacial score (nSPS) is 18.6. The highest BCUT2D eigenvalue weighted by Gasteiger charge is 2.30. The number of nitrogens with one attached hydrogen (secondary N) is 1. The second-order valence-electron chi connectivity index (χ2n) is 3.80. The van der Waals surface area contributed by atoms with Gasteiger partial charge in [-0.3, -0.25) is 4.79 Å². The lowest BCUT2D eigenvalue weighted by molar-refractivity contribution is 0.626. The van der Waals surface area contributed by atoms with Crippen molar-refractivity contribution < 1.29 is 0 Å². The highest BCUT2D eigenvalue weighted by Crippen LogP contribution is 2.39. The molecule has 0 aliphatic heterocycles. The van der Waals surface area contributed by atoms with Crippen LogP contribution in [0, 0.1) is 12.8 Å². The predicted octanol–water partition coefficient (Wildman–Crippen LogP) is 1.09. The molecular weight excluding hydrogens is 164 g/mol. The molecule has 1 unspecified atom stereocenters. The summed E-state index contributed by atoms with van der Waals surface area (Å²) in [5.41, 5.74) is 8.07. The summed E-state index contributed by atoms with van der Waals surface area (Å²) in [5.74, 6) is 0.629. The lowest BCUT2D eigenvalue weighted by atomic mass is 10.0. The van der Waals surface area contributed by atoms with Crippen LogP contribution in [0.1, 0.15) is 30.0 Å². The Morgan fingerprint density at radius 2 is 2.31 bits per heavy atom. The Bertz CT molecular complexity index is 365. The molecule has 2 rings (SSSR count). The lowest BCUT2D eigenvalue weighted by Gasteiger charge is -2.12. The average Bonchev–Trinajstić information content (AvgIpc) is 2.85. The number of H-pyrrole nitrogens is 1. The van der Waals surface area contributed by atoms with Gasteiger partial charge in [-0.25, -0.2) is 0 Å². The SMILES string of the molecule is Cc1cc(=O)[nH]cc1C(N)C1CC1. The molecule has 0 radical (unpaired) electrons. The van der Waals surface area contributed by atoms with E-state index in [9.17, 15) is 4.79 Å². The molecule has 3 heteroatoms. The molecule has 1 aliphatic rings. The summed E-state index contributed by atoms with van der Waals surface area (Å²) >= 11 is 0. The lowest BCUT2D eigenvalue weighted by Crippen LogP contribution is -2.16. The van der Waals surface area contributed by atoms with E-state index in [1.165, 1.54) is 12.8 Å². The third-order valence-electron chi connectivity index (χ3n) is 2.66. The summed E-state index contributed by atoms with van der Waals surface area (Å²) in [6.45, 7) is 1.94. The zero-order valence-corrected chi connectivity index (χ0v) is 7.71. The molecule has 1 fully saturated rings. The standard InChI is InChI=1S/C10H14N2O/c1-6-4-9(13)12-5-8(6)10(11)7-2-3-7/h4-5,7,10H,2-3,11H2,1H3,(H,12,13). The van der Waals surface area contributed by atoms with Crippen LogP contribution in [0.4, 0.5) is 0 Å². The van der Waals surface area contributed by atoms with E-state index in [1.54, 1.807) is 12.3 Å². The van der Waals surface area contributed by atoms with Crippen molar-refractivity contribution in [2.75, 3.05) is 0 Å². The van der Waals surface area contributed by atoms with E-state index in [0.29, 0.717) is 5.92 Å². The molecule has 13 heavy (non-hydrogen) atoms. The maximum atomic E-state index is 11.0. The molecule has 1 aromatic heterocycles. The Morgan fingerprint density at radius 3 is 2.85 bits per heavy atom. The van der Waals surface area contributed by atoms with Crippen LogP contribution in [0.25, 0.3) is 0 Å². The van der Waals surface area contributed by atoms with Crippen LogP contribution < -0.4 is 11.3 Å². The molecule has 1 saturated carbocycles. The number of rotatable bonds is 2. The quantitative estimate of drug-likeness (QED) is 0.712. The van der Waals surface area contributed by atoms with Crippen molar-refractivity contribution in [2.45, 2.75) is 25.8 Å². The predicted molar refractivity (Wildman–Crippen MR) is 51.5 cm³/mol. The van der Waals surface area contributed by atoms with E-state index >= 15 is 0 Å². The van der Waals surface area contributed by atoms with Gasteiger partial charge in [0.15, 0.2) is 0 Å². The van der Waals surface area contributed by atoms with Gasteiger partial charge in [0.25, 0.3) is 0 Å². The number of aromatic amines is 1. The largest absolute Gasteiger partial charge is 0.329 e. The first-order valence-corrected chi connectivity index (χ1v) is 4.63. The van der Waals surface area contributed by atoms with Crippen molar-refractivity contribution in [3.63, 3.8) is 0 Å². The van der Waals surface area contributed by atoms with Gasteiger partial charge in [-0.1, -0.05) is 0 Å². The van der Waals surface area contributed by atoms with Crippen LogP contribution in [0.3, 0.4) is 0 Å². The minimum absolute atomic E-state index is 0.0516. The van der Waals surface area contributed by atoms with Crippen molar-refractivity contribution in [2.24, 2.45) is 11.7 Å². The van der Waals surface area contributed by atoms with Crippen molar-refractivity contribution in [1.29, 1.82) is 0 Å². The summed E-state index contributed by atoms with van der Waals surface area (Å²) < 4.78 is 0. The topological polar surface area (TPSA) is 58.9 Å². The Kier molecular flexibility index (Phi) is 1.96. The molecule has 0 saturated heterocycles. The number of pyridine rings is 1.